The molecule has 2 N–H and O–H groups in total. The van der Waals surface area contributed by atoms with Gasteiger partial charge < -0.3 is 5.32 Å². The summed E-state index contributed by atoms with van der Waals surface area (Å²) in [5.41, 5.74) is 1.36. The van der Waals surface area contributed by atoms with Crippen molar-refractivity contribution in [3.63, 3.8) is 0 Å². The van der Waals surface area contributed by atoms with E-state index in [4.69, 9.17) is 0 Å². The molecule has 0 bridgehead atoms. The molecular formula is C14H18N2O2S2. The normalized spacial score (nSPS) is 11.5. The highest BCUT2D eigenvalue weighted by atomic mass is 32.2. The minimum atomic E-state index is -3.54. The number of sulfonamides is 1. The molecule has 0 unspecified atom stereocenters. The van der Waals surface area contributed by atoms with Gasteiger partial charge in [0.1, 0.15) is 4.90 Å². The predicted molar refractivity (Wildman–Crippen MR) is 83.7 cm³/mol. The molecule has 0 saturated heterocycles. The molecule has 2 aromatic rings. The molecule has 1 aromatic heterocycles. The topological polar surface area (TPSA) is 58.2 Å². The van der Waals surface area contributed by atoms with Gasteiger partial charge in [-0.25, -0.2) is 8.42 Å². The number of rotatable bonds is 6. The average molecular weight is 310 g/mol. The lowest BCUT2D eigenvalue weighted by molar-refractivity contribution is 0.599. The molecule has 0 aliphatic heterocycles. The van der Waals surface area contributed by atoms with Crippen molar-refractivity contribution < 1.29 is 8.42 Å². The van der Waals surface area contributed by atoms with Crippen molar-refractivity contribution in [1.29, 1.82) is 0 Å². The molecule has 0 aliphatic carbocycles. The Morgan fingerprint density at radius 1 is 1.20 bits per heavy atom. The molecule has 108 valence electrons. The van der Waals surface area contributed by atoms with Crippen LogP contribution in [0, 0.1) is 6.92 Å². The first-order chi connectivity index (χ1) is 9.54. The number of hydrogen-bond donors (Lipinski definition) is 2. The number of para-hydroxylation sites is 1. The standard InChI is InChI=1S/C14H18N2O2S2/c1-3-15-9-13-14(11(2)10-19-13)20(17,18)16-12-7-5-4-6-8-12/h4-8,10,15-16H,3,9H2,1-2H3. The first-order valence-electron chi connectivity index (χ1n) is 6.40. The fourth-order valence-corrected chi connectivity index (χ4v) is 4.76. The highest BCUT2D eigenvalue weighted by Gasteiger charge is 2.22. The third kappa shape index (κ3) is 3.39. The van der Waals surface area contributed by atoms with Gasteiger partial charge in [-0.3, -0.25) is 4.72 Å². The van der Waals surface area contributed by atoms with Gasteiger partial charge in [0.15, 0.2) is 0 Å². The lowest BCUT2D eigenvalue weighted by Gasteiger charge is -2.10. The summed E-state index contributed by atoms with van der Waals surface area (Å²) >= 11 is 1.47. The van der Waals surface area contributed by atoms with E-state index in [1.54, 1.807) is 24.3 Å². The van der Waals surface area contributed by atoms with E-state index in [0.29, 0.717) is 17.1 Å². The summed E-state index contributed by atoms with van der Waals surface area (Å²) < 4.78 is 27.7. The zero-order chi connectivity index (χ0) is 14.6. The van der Waals surface area contributed by atoms with E-state index in [1.807, 2.05) is 25.3 Å². The van der Waals surface area contributed by atoms with Gasteiger partial charge in [-0.15, -0.1) is 11.3 Å². The summed E-state index contributed by atoms with van der Waals surface area (Å²) in [5, 5.41) is 5.05. The van der Waals surface area contributed by atoms with E-state index in [9.17, 15) is 8.42 Å². The monoisotopic (exact) mass is 310 g/mol. The van der Waals surface area contributed by atoms with Crippen LogP contribution in [0.15, 0.2) is 40.6 Å². The van der Waals surface area contributed by atoms with Gasteiger partial charge in [-0.2, -0.15) is 0 Å². The van der Waals surface area contributed by atoms with Gasteiger partial charge in [-0.1, -0.05) is 25.1 Å². The third-order valence-corrected chi connectivity index (χ3v) is 5.66. The van der Waals surface area contributed by atoms with Crippen LogP contribution in [0.2, 0.25) is 0 Å². The van der Waals surface area contributed by atoms with Crippen LogP contribution in [0.1, 0.15) is 17.4 Å². The Kier molecular flexibility index (Phi) is 4.80. The molecule has 2 rings (SSSR count). The molecule has 0 spiro atoms. The van der Waals surface area contributed by atoms with E-state index in [-0.39, 0.29) is 0 Å². The number of hydrogen-bond acceptors (Lipinski definition) is 4. The van der Waals surface area contributed by atoms with Gasteiger partial charge in [-0.05, 0) is 36.5 Å². The number of aryl methyl sites for hydroxylation is 1. The summed E-state index contributed by atoms with van der Waals surface area (Å²) in [6.07, 6.45) is 0. The molecule has 0 radical (unpaired) electrons. The molecule has 0 saturated carbocycles. The first-order valence-corrected chi connectivity index (χ1v) is 8.76. The molecule has 6 heteroatoms. The fraction of sp³-hybridized carbons (Fsp3) is 0.286. The van der Waals surface area contributed by atoms with Gasteiger partial charge in [0.2, 0.25) is 0 Å². The Balaban J connectivity index is 2.32. The Morgan fingerprint density at radius 3 is 2.55 bits per heavy atom. The molecule has 20 heavy (non-hydrogen) atoms. The van der Waals surface area contributed by atoms with Crippen molar-refractivity contribution in [2.75, 3.05) is 11.3 Å². The fourth-order valence-electron chi connectivity index (χ4n) is 1.92. The zero-order valence-corrected chi connectivity index (χ0v) is 13.1. The molecule has 0 fully saturated rings. The van der Waals surface area contributed by atoms with Gasteiger partial charge in [0.05, 0.1) is 0 Å². The summed E-state index contributed by atoms with van der Waals surface area (Å²) in [5.74, 6) is 0. The first kappa shape index (κ1) is 15.0. The summed E-state index contributed by atoms with van der Waals surface area (Å²) in [6.45, 7) is 5.20. The van der Waals surface area contributed by atoms with Crippen molar-refractivity contribution in [1.82, 2.24) is 5.32 Å². The maximum atomic E-state index is 12.5. The minimum Gasteiger partial charge on any atom is -0.312 e. The van der Waals surface area contributed by atoms with Crippen LogP contribution in [-0.2, 0) is 16.6 Å². The number of nitrogens with one attached hydrogen (secondary N) is 2. The predicted octanol–water partition coefficient (Wildman–Crippen LogP) is 2.97. The van der Waals surface area contributed by atoms with Gasteiger partial charge in [0, 0.05) is 17.1 Å². The quantitative estimate of drug-likeness (QED) is 0.862. The third-order valence-electron chi connectivity index (χ3n) is 2.82. The summed E-state index contributed by atoms with van der Waals surface area (Å²) in [6, 6.07) is 8.94. The molecule has 0 atom stereocenters. The van der Waals surface area contributed by atoms with Crippen LogP contribution in [0.3, 0.4) is 0 Å². The van der Waals surface area contributed by atoms with Crippen molar-refractivity contribution in [3.8, 4) is 0 Å². The van der Waals surface area contributed by atoms with E-state index >= 15 is 0 Å². The second-order valence-corrected chi connectivity index (χ2v) is 7.01. The molecular weight excluding hydrogens is 292 g/mol. The molecule has 0 aliphatic rings. The highest BCUT2D eigenvalue weighted by molar-refractivity contribution is 7.93. The van der Waals surface area contributed by atoms with Gasteiger partial charge >= 0.3 is 0 Å². The van der Waals surface area contributed by atoms with Crippen molar-refractivity contribution in [2.45, 2.75) is 25.3 Å². The van der Waals surface area contributed by atoms with E-state index in [1.165, 1.54) is 11.3 Å². The second kappa shape index (κ2) is 6.39. The Hall–Kier alpha value is -1.37. The van der Waals surface area contributed by atoms with Crippen LogP contribution < -0.4 is 10.0 Å². The second-order valence-electron chi connectivity index (χ2n) is 4.42. The Labute approximate surface area is 123 Å². The maximum absolute atomic E-state index is 12.5. The minimum absolute atomic E-state index is 0.396. The Bertz CT molecular complexity index is 664. The number of thiophene rings is 1. The number of anilines is 1. The summed E-state index contributed by atoms with van der Waals surface area (Å²) in [4.78, 5) is 1.24. The van der Waals surface area contributed by atoms with Crippen LogP contribution in [0.4, 0.5) is 5.69 Å². The lowest BCUT2D eigenvalue weighted by Crippen LogP contribution is -2.18. The average Bonchev–Trinajstić information content (AvgIpc) is 2.79. The van der Waals surface area contributed by atoms with Crippen LogP contribution in [0.25, 0.3) is 0 Å². The van der Waals surface area contributed by atoms with Crippen molar-refractivity contribution in [2.24, 2.45) is 0 Å². The molecule has 0 amide bonds. The van der Waals surface area contributed by atoms with Crippen LogP contribution in [0.5, 0.6) is 0 Å². The lowest BCUT2D eigenvalue weighted by atomic mass is 10.3. The van der Waals surface area contributed by atoms with E-state index < -0.39 is 10.0 Å². The van der Waals surface area contributed by atoms with Gasteiger partial charge in [0.25, 0.3) is 10.0 Å². The maximum Gasteiger partial charge on any atom is 0.263 e. The largest absolute Gasteiger partial charge is 0.312 e. The zero-order valence-electron chi connectivity index (χ0n) is 11.5. The summed E-state index contributed by atoms with van der Waals surface area (Å²) in [7, 11) is -3.54. The SMILES string of the molecule is CCNCc1scc(C)c1S(=O)(=O)Nc1ccccc1. The van der Waals surface area contributed by atoms with Crippen LogP contribution in [-0.4, -0.2) is 15.0 Å². The van der Waals surface area contributed by atoms with Crippen molar-refractivity contribution in [3.05, 3.63) is 46.2 Å². The molecule has 1 heterocycles. The molecule has 1 aromatic carbocycles. The Morgan fingerprint density at radius 2 is 1.90 bits per heavy atom. The smallest absolute Gasteiger partial charge is 0.263 e. The molecule has 4 nitrogen and oxygen atoms in total. The van der Waals surface area contributed by atoms with E-state index in [2.05, 4.69) is 10.0 Å². The van der Waals surface area contributed by atoms with Crippen molar-refractivity contribution >= 4 is 27.0 Å². The number of benzene rings is 1. The highest BCUT2D eigenvalue weighted by Crippen LogP contribution is 2.28. The van der Waals surface area contributed by atoms with E-state index in [0.717, 1.165) is 17.0 Å². The van der Waals surface area contributed by atoms with Crippen LogP contribution >= 0.6 is 11.3 Å².